The van der Waals surface area contributed by atoms with Gasteiger partial charge in [0.2, 0.25) is 0 Å². The van der Waals surface area contributed by atoms with Crippen molar-refractivity contribution in [1.82, 2.24) is 20.1 Å². The second-order valence-corrected chi connectivity index (χ2v) is 5.79. The van der Waals surface area contributed by atoms with Crippen LogP contribution >= 0.6 is 0 Å². The summed E-state index contributed by atoms with van der Waals surface area (Å²) in [6, 6.07) is 12.0. The molecule has 1 saturated heterocycles. The molecule has 5 nitrogen and oxygen atoms in total. The Hall–Kier alpha value is -2.56. The van der Waals surface area contributed by atoms with Gasteiger partial charge in [-0.05, 0) is 37.5 Å². The van der Waals surface area contributed by atoms with Crippen molar-refractivity contribution in [2.75, 3.05) is 6.54 Å². The number of amides is 1. The fourth-order valence-electron chi connectivity index (χ4n) is 3.29. The first-order valence-corrected chi connectivity index (χ1v) is 7.71. The summed E-state index contributed by atoms with van der Waals surface area (Å²) in [6.45, 7) is 0.790. The molecule has 2 aromatic heterocycles. The number of piperidine rings is 1. The third-order valence-corrected chi connectivity index (χ3v) is 4.41. The van der Waals surface area contributed by atoms with Crippen LogP contribution in [0.25, 0.3) is 10.9 Å². The number of nitrogens with zero attached hydrogens (tertiary/aromatic N) is 2. The molecule has 3 heterocycles. The van der Waals surface area contributed by atoms with Crippen LogP contribution in [0.5, 0.6) is 0 Å². The summed E-state index contributed by atoms with van der Waals surface area (Å²) in [6.07, 6.45) is 4.92. The van der Waals surface area contributed by atoms with Gasteiger partial charge in [0, 0.05) is 23.6 Å². The number of carbonyl (C=O) groups is 1. The van der Waals surface area contributed by atoms with E-state index in [4.69, 9.17) is 0 Å². The van der Waals surface area contributed by atoms with Gasteiger partial charge in [-0.3, -0.25) is 9.89 Å². The molecule has 1 atom stereocenters. The highest BCUT2D eigenvalue weighted by Crippen LogP contribution is 2.31. The lowest BCUT2D eigenvalue weighted by Crippen LogP contribution is -2.38. The van der Waals surface area contributed by atoms with Gasteiger partial charge in [0.25, 0.3) is 5.91 Å². The Bertz CT molecular complexity index is 757. The van der Waals surface area contributed by atoms with Gasteiger partial charge < -0.3 is 9.88 Å². The van der Waals surface area contributed by atoms with Crippen LogP contribution in [0.3, 0.4) is 0 Å². The summed E-state index contributed by atoms with van der Waals surface area (Å²) in [7, 11) is 0. The number of nitrogens with one attached hydrogen (secondary N) is 2. The molecule has 5 heteroatoms. The fraction of sp³-hybridized carbons (Fsp3) is 0.294. The van der Waals surface area contributed by atoms with Crippen molar-refractivity contribution in [2.45, 2.75) is 25.3 Å². The molecule has 0 radical (unpaired) electrons. The van der Waals surface area contributed by atoms with Gasteiger partial charge in [-0.15, -0.1) is 0 Å². The number of likely N-dealkylation sites (tertiary alicyclic amines) is 1. The summed E-state index contributed by atoms with van der Waals surface area (Å²) < 4.78 is 0. The highest BCUT2D eigenvalue weighted by Gasteiger charge is 2.30. The number of para-hydroxylation sites is 1. The molecule has 0 bridgehead atoms. The molecule has 2 N–H and O–H groups in total. The lowest BCUT2D eigenvalue weighted by Gasteiger charge is -2.34. The molecule has 0 spiro atoms. The van der Waals surface area contributed by atoms with Crippen LogP contribution in [0.2, 0.25) is 0 Å². The van der Waals surface area contributed by atoms with E-state index in [9.17, 15) is 4.79 Å². The van der Waals surface area contributed by atoms with Crippen LogP contribution in [0, 0.1) is 0 Å². The Morgan fingerprint density at radius 2 is 2.14 bits per heavy atom. The molecule has 1 fully saturated rings. The second-order valence-electron chi connectivity index (χ2n) is 5.79. The van der Waals surface area contributed by atoms with Crippen molar-refractivity contribution in [1.29, 1.82) is 0 Å². The largest absolute Gasteiger partial charge is 0.351 e. The summed E-state index contributed by atoms with van der Waals surface area (Å²) in [5.74, 6) is 0.0653. The summed E-state index contributed by atoms with van der Waals surface area (Å²) in [5, 5.41) is 8.11. The maximum absolute atomic E-state index is 12.9. The van der Waals surface area contributed by atoms with E-state index in [-0.39, 0.29) is 11.9 Å². The van der Waals surface area contributed by atoms with Crippen molar-refractivity contribution in [3.63, 3.8) is 0 Å². The number of fused-ring (bicyclic) bond motifs is 1. The van der Waals surface area contributed by atoms with Gasteiger partial charge in [0.1, 0.15) is 5.69 Å². The quantitative estimate of drug-likeness (QED) is 0.762. The molecule has 112 valence electrons. The number of carbonyl (C=O) groups excluding carboxylic acids is 1. The van der Waals surface area contributed by atoms with Gasteiger partial charge in [0.15, 0.2) is 0 Å². The molecule has 0 saturated carbocycles. The summed E-state index contributed by atoms with van der Waals surface area (Å²) in [4.78, 5) is 18.1. The number of hydrogen-bond donors (Lipinski definition) is 2. The molecule has 0 aliphatic carbocycles. The van der Waals surface area contributed by atoms with Crippen molar-refractivity contribution < 1.29 is 4.79 Å². The van der Waals surface area contributed by atoms with Crippen molar-refractivity contribution in [3.05, 3.63) is 54.0 Å². The van der Waals surface area contributed by atoms with E-state index in [1.807, 2.05) is 41.3 Å². The van der Waals surface area contributed by atoms with Crippen LogP contribution in [0.1, 0.15) is 41.5 Å². The van der Waals surface area contributed by atoms with Crippen LogP contribution in [-0.2, 0) is 0 Å². The monoisotopic (exact) mass is 294 g/mol. The van der Waals surface area contributed by atoms with Crippen molar-refractivity contribution in [2.24, 2.45) is 0 Å². The van der Waals surface area contributed by atoms with E-state index in [1.54, 1.807) is 6.20 Å². The minimum Gasteiger partial charge on any atom is -0.351 e. The standard InChI is InChI=1S/C17H18N4O/c22-17(15-11-12-5-1-2-6-13(12)19-15)21-10-4-3-7-16(21)14-8-9-18-20-14/h1-2,5-6,8-9,11,16,19H,3-4,7,10H2,(H,18,20)/t16-/m1/s1. The van der Waals surface area contributed by atoms with Gasteiger partial charge >= 0.3 is 0 Å². The normalized spacial score (nSPS) is 18.7. The number of aromatic nitrogens is 3. The summed E-state index contributed by atoms with van der Waals surface area (Å²) in [5.41, 5.74) is 2.68. The first-order valence-electron chi connectivity index (χ1n) is 7.71. The summed E-state index contributed by atoms with van der Waals surface area (Å²) >= 11 is 0. The van der Waals surface area contributed by atoms with Crippen LogP contribution in [-0.4, -0.2) is 32.5 Å². The SMILES string of the molecule is O=C(c1cc2ccccc2[nH]1)N1CCCC[C@@H]1c1ccn[nH]1. The van der Waals surface area contributed by atoms with Crippen LogP contribution in [0.4, 0.5) is 0 Å². The van der Waals surface area contributed by atoms with Gasteiger partial charge in [0.05, 0.1) is 11.7 Å². The Morgan fingerprint density at radius 3 is 2.95 bits per heavy atom. The molecule has 3 aromatic rings. The maximum Gasteiger partial charge on any atom is 0.270 e. The van der Waals surface area contributed by atoms with E-state index in [2.05, 4.69) is 15.2 Å². The van der Waals surface area contributed by atoms with E-state index in [0.717, 1.165) is 42.4 Å². The number of aromatic amines is 2. The lowest BCUT2D eigenvalue weighted by molar-refractivity contribution is 0.0601. The Kier molecular flexibility index (Phi) is 3.18. The predicted octanol–water partition coefficient (Wildman–Crippen LogP) is 3.26. The zero-order chi connectivity index (χ0) is 14.9. The van der Waals surface area contributed by atoms with E-state index < -0.39 is 0 Å². The molecule has 1 aliphatic heterocycles. The van der Waals surface area contributed by atoms with Gasteiger partial charge in [-0.1, -0.05) is 18.2 Å². The van der Waals surface area contributed by atoms with E-state index in [1.165, 1.54) is 0 Å². The second kappa shape index (κ2) is 5.33. The Morgan fingerprint density at radius 1 is 1.23 bits per heavy atom. The topological polar surface area (TPSA) is 64.8 Å². The third-order valence-electron chi connectivity index (χ3n) is 4.41. The van der Waals surface area contributed by atoms with Crippen LogP contribution in [0.15, 0.2) is 42.6 Å². The minimum absolute atomic E-state index is 0.0653. The predicted molar refractivity (Wildman–Crippen MR) is 84.5 cm³/mol. The molecule has 4 rings (SSSR count). The van der Waals surface area contributed by atoms with E-state index >= 15 is 0 Å². The average Bonchev–Trinajstić information content (AvgIpc) is 3.23. The minimum atomic E-state index is 0.0653. The number of benzene rings is 1. The Balaban J connectivity index is 1.67. The number of rotatable bonds is 2. The molecule has 1 aliphatic rings. The average molecular weight is 294 g/mol. The van der Waals surface area contributed by atoms with Crippen molar-refractivity contribution >= 4 is 16.8 Å². The first-order chi connectivity index (χ1) is 10.8. The number of hydrogen-bond acceptors (Lipinski definition) is 2. The molecule has 22 heavy (non-hydrogen) atoms. The molecule has 1 amide bonds. The van der Waals surface area contributed by atoms with Crippen LogP contribution < -0.4 is 0 Å². The van der Waals surface area contributed by atoms with E-state index in [0.29, 0.717) is 5.69 Å². The zero-order valence-electron chi connectivity index (χ0n) is 12.2. The highest BCUT2D eigenvalue weighted by molar-refractivity contribution is 5.98. The van der Waals surface area contributed by atoms with Gasteiger partial charge in [-0.2, -0.15) is 5.10 Å². The zero-order valence-corrected chi connectivity index (χ0v) is 12.2. The molecule has 0 unspecified atom stereocenters. The molecular weight excluding hydrogens is 276 g/mol. The molecular formula is C17H18N4O. The highest BCUT2D eigenvalue weighted by atomic mass is 16.2. The third kappa shape index (κ3) is 2.19. The molecule has 1 aromatic carbocycles. The lowest BCUT2D eigenvalue weighted by atomic mass is 9.99. The van der Waals surface area contributed by atoms with Gasteiger partial charge in [-0.25, -0.2) is 0 Å². The fourth-order valence-corrected chi connectivity index (χ4v) is 3.29. The smallest absolute Gasteiger partial charge is 0.270 e. The maximum atomic E-state index is 12.9. The number of H-pyrrole nitrogens is 2. The first kappa shape index (κ1) is 13.1. The Labute approximate surface area is 128 Å². The van der Waals surface area contributed by atoms with Crippen molar-refractivity contribution in [3.8, 4) is 0 Å².